The molecule has 1 aliphatic rings. The first-order valence-electron chi connectivity index (χ1n) is 9.21. The Kier molecular flexibility index (Phi) is 5.30. The quantitative estimate of drug-likeness (QED) is 0.694. The molecule has 144 valence electrons. The third-order valence-corrected chi connectivity index (χ3v) is 5.09. The van der Waals surface area contributed by atoms with E-state index in [1.165, 1.54) is 12.1 Å². The summed E-state index contributed by atoms with van der Waals surface area (Å²) in [7, 11) is 0. The molecule has 1 aliphatic heterocycles. The van der Waals surface area contributed by atoms with Gasteiger partial charge in [0.25, 0.3) is 0 Å². The summed E-state index contributed by atoms with van der Waals surface area (Å²) in [6.07, 6.45) is 0. The highest BCUT2D eigenvalue weighted by Crippen LogP contribution is 2.26. The van der Waals surface area contributed by atoms with E-state index in [1.807, 2.05) is 49.4 Å². The van der Waals surface area contributed by atoms with Crippen LogP contribution in [-0.2, 0) is 0 Å². The van der Waals surface area contributed by atoms with Crippen molar-refractivity contribution in [3.8, 4) is 0 Å². The molecule has 0 spiro atoms. The maximum Gasteiger partial charge on any atom is 0.136 e. The SMILES string of the molecule is Cc1nc(Nc2ccccc2Cl)cc(N2CCN(c3ccc(F)cc3)CC2)n1. The van der Waals surface area contributed by atoms with Crippen LogP contribution in [0.25, 0.3) is 0 Å². The van der Waals surface area contributed by atoms with Crippen molar-refractivity contribution >= 4 is 34.6 Å². The smallest absolute Gasteiger partial charge is 0.136 e. The Labute approximate surface area is 168 Å². The molecular weight excluding hydrogens is 377 g/mol. The Morgan fingerprint density at radius 3 is 2.32 bits per heavy atom. The highest BCUT2D eigenvalue weighted by Gasteiger charge is 2.19. The van der Waals surface area contributed by atoms with Gasteiger partial charge < -0.3 is 15.1 Å². The van der Waals surface area contributed by atoms with Gasteiger partial charge in [0.1, 0.15) is 23.3 Å². The number of piperazine rings is 1. The summed E-state index contributed by atoms with van der Waals surface area (Å²) >= 11 is 6.24. The van der Waals surface area contributed by atoms with Crippen LogP contribution in [0.1, 0.15) is 5.82 Å². The fraction of sp³-hybridized carbons (Fsp3) is 0.238. The molecule has 3 aromatic rings. The number of aryl methyl sites for hydroxylation is 1. The van der Waals surface area contributed by atoms with Crippen LogP contribution in [0.5, 0.6) is 0 Å². The van der Waals surface area contributed by atoms with Gasteiger partial charge in [0.05, 0.1) is 10.7 Å². The Morgan fingerprint density at radius 1 is 0.929 bits per heavy atom. The lowest BCUT2D eigenvalue weighted by Gasteiger charge is -2.36. The van der Waals surface area contributed by atoms with Gasteiger partial charge in [-0.25, -0.2) is 14.4 Å². The number of hydrogen-bond acceptors (Lipinski definition) is 5. The van der Waals surface area contributed by atoms with E-state index in [4.69, 9.17) is 11.6 Å². The maximum absolute atomic E-state index is 13.1. The highest BCUT2D eigenvalue weighted by molar-refractivity contribution is 6.33. The van der Waals surface area contributed by atoms with Crippen molar-refractivity contribution in [3.63, 3.8) is 0 Å². The molecule has 0 saturated carbocycles. The number of para-hydroxylation sites is 1. The summed E-state index contributed by atoms with van der Waals surface area (Å²) in [5.74, 6) is 2.10. The zero-order valence-corrected chi connectivity index (χ0v) is 16.3. The molecule has 1 saturated heterocycles. The van der Waals surface area contributed by atoms with Crippen LogP contribution in [0.4, 0.5) is 27.4 Å². The maximum atomic E-state index is 13.1. The number of hydrogen-bond donors (Lipinski definition) is 1. The van der Waals surface area contributed by atoms with E-state index in [0.29, 0.717) is 10.8 Å². The molecule has 4 rings (SSSR count). The fourth-order valence-electron chi connectivity index (χ4n) is 3.32. The van der Waals surface area contributed by atoms with E-state index in [2.05, 4.69) is 25.1 Å². The number of halogens is 2. The lowest BCUT2D eigenvalue weighted by atomic mass is 10.2. The summed E-state index contributed by atoms with van der Waals surface area (Å²) in [5, 5.41) is 3.92. The molecule has 0 bridgehead atoms. The van der Waals surface area contributed by atoms with Gasteiger partial charge in [-0.1, -0.05) is 23.7 Å². The second-order valence-corrected chi connectivity index (χ2v) is 7.12. The molecule has 1 aromatic heterocycles. The number of rotatable bonds is 4. The summed E-state index contributed by atoms with van der Waals surface area (Å²) < 4.78 is 13.1. The minimum absolute atomic E-state index is 0.211. The molecule has 5 nitrogen and oxygen atoms in total. The van der Waals surface area contributed by atoms with Crippen molar-refractivity contribution in [1.82, 2.24) is 9.97 Å². The molecule has 0 atom stereocenters. The van der Waals surface area contributed by atoms with Crippen LogP contribution in [0.15, 0.2) is 54.6 Å². The molecule has 2 heterocycles. The Hall–Kier alpha value is -2.86. The topological polar surface area (TPSA) is 44.3 Å². The lowest BCUT2D eigenvalue weighted by molar-refractivity contribution is 0.624. The van der Waals surface area contributed by atoms with Gasteiger partial charge in [0, 0.05) is 37.9 Å². The van der Waals surface area contributed by atoms with Crippen LogP contribution in [-0.4, -0.2) is 36.1 Å². The van der Waals surface area contributed by atoms with Crippen LogP contribution in [0.3, 0.4) is 0 Å². The van der Waals surface area contributed by atoms with Crippen molar-refractivity contribution in [1.29, 1.82) is 0 Å². The van der Waals surface area contributed by atoms with E-state index >= 15 is 0 Å². The molecule has 2 aromatic carbocycles. The fourth-order valence-corrected chi connectivity index (χ4v) is 3.51. The number of nitrogens with one attached hydrogen (secondary N) is 1. The average molecular weight is 398 g/mol. The van der Waals surface area contributed by atoms with E-state index in [-0.39, 0.29) is 5.82 Å². The third kappa shape index (κ3) is 4.17. The van der Waals surface area contributed by atoms with E-state index in [9.17, 15) is 4.39 Å². The van der Waals surface area contributed by atoms with Crippen molar-refractivity contribution in [2.45, 2.75) is 6.92 Å². The largest absolute Gasteiger partial charge is 0.368 e. The van der Waals surface area contributed by atoms with Crippen molar-refractivity contribution in [3.05, 3.63) is 71.3 Å². The van der Waals surface area contributed by atoms with Crippen LogP contribution in [0, 0.1) is 12.7 Å². The van der Waals surface area contributed by atoms with Gasteiger partial charge in [0.15, 0.2) is 0 Å². The molecule has 28 heavy (non-hydrogen) atoms. The van der Waals surface area contributed by atoms with Crippen LogP contribution < -0.4 is 15.1 Å². The first-order valence-corrected chi connectivity index (χ1v) is 9.59. The van der Waals surface area contributed by atoms with Crippen molar-refractivity contribution < 1.29 is 4.39 Å². The lowest BCUT2D eigenvalue weighted by Crippen LogP contribution is -2.46. The van der Waals surface area contributed by atoms with E-state index in [1.54, 1.807) is 0 Å². The van der Waals surface area contributed by atoms with Gasteiger partial charge in [-0.3, -0.25) is 0 Å². The molecule has 1 fully saturated rings. The minimum Gasteiger partial charge on any atom is -0.368 e. The van der Waals surface area contributed by atoms with Gasteiger partial charge in [0.2, 0.25) is 0 Å². The van der Waals surface area contributed by atoms with Gasteiger partial charge >= 0.3 is 0 Å². The second-order valence-electron chi connectivity index (χ2n) is 6.71. The molecule has 1 N–H and O–H groups in total. The van der Waals surface area contributed by atoms with Crippen LogP contribution >= 0.6 is 11.6 Å². The monoisotopic (exact) mass is 397 g/mol. The van der Waals surface area contributed by atoms with Crippen LogP contribution in [0.2, 0.25) is 5.02 Å². The summed E-state index contributed by atoms with van der Waals surface area (Å²) in [6, 6.07) is 16.2. The number of nitrogens with zero attached hydrogens (tertiary/aromatic N) is 4. The standard InChI is InChI=1S/C21H21ClFN5/c1-15-24-20(26-19-5-3-2-4-18(19)22)14-21(25-15)28-12-10-27(11-13-28)17-8-6-16(23)7-9-17/h2-9,14H,10-13H2,1H3,(H,24,25,26). The summed E-state index contributed by atoms with van der Waals surface area (Å²) in [6.45, 7) is 5.25. The number of benzene rings is 2. The number of aromatic nitrogens is 2. The third-order valence-electron chi connectivity index (χ3n) is 4.76. The molecule has 7 heteroatoms. The Bertz CT molecular complexity index is 955. The van der Waals surface area contributed by atoms with E-state index < -0.39 is 0 Å². The average Bonchev–Trinajstić information content (AvgIpc) is 2.70. The predicted molar refractivity (Wildman–Crippen MR) is 112 cm³/mol. The highest BCUT2D eigenvalue weighted by atomic mass is 35.5. The Morgan fingerprint density at radius 2 is 1.61 bits per heavy atom. The molecule has 0 unspecified atom stereocenters. The first kappa shape index (κ1) is 18.5. The predicted octanol–water partition coefficient (Wildman–Crippen LogP) is 4.65. The first-order chi connectivity index (χ1) is 13.6. The zero-order valence-electron chi connectivity index (χ0n) is 15.6. The van der Waals surface area contributed by atoms with E-state index in [0.717, 1.165) is 49.2 Å². The van der Waals surface area contributed by atoms with Gasteiger partial charge in [-0.15, -0.1) is 0 Å². The van der Waals surface area contributed by atoms with Gasteiger partial charge in [-0.05, 0) is 43.3 Å². The Balaban J connectivity index is 1.47. The second kappa shape index (κ2) is 8.02. The molecular formula is C21H21ClFN5. The van der Waals surface area contributed by atoms with Crippen molar-refractivity contribution in [2.75, 3.05) is 41.3 Å². The summed E-state index contributed by atoms with van der Waals surface area (Å²) in [4.78, 5) is 13.6. The molecule has 0 radical (unpaired) electrons. The zero-order chi connectivity index (χ0) is 19.5. The van der Waals surface area contributed by atoms with Crippen molar-refractivity contribution in [2.24, 2.45) is 0 Å². The molecule has 0 amide bonds. The number of anilines is 4. The normalized spacial score (nSPS) is 14.2. The summed E-state index contributed by atoms with van der Waals surface area (Å²) in [5.41, 5.74) is 1.86. The van der Waals surface area contributed by atoms with Gasteiger partial charge in [-0.2, -0.15) is 0 Å². The minimum atomic E-state index is -0.211. The molecule has 0 aliphatic carbocycles.